The lowest BCUT2D eigenvalue weighted by Crippen LogP contribution is -2.30. The van der Waals surface area contributed by atoms with E-state index in [9.17, 15) is 4.21 Å². The van der Waals surface area contributed by atoms with Crippen LogP contribution >= 0.6 is 8.07 Å². The van der Waals surface area contributed by atoms with Crippen molar-refractivity contribution in [1.29, 1.82) is 0 Å². The summed E-state index contributed by atoms with van der Waals surface area (Å²) in [7, 11) is -2.36. The number of rotatable bonds is 6. The van der Waals surface area contributed by atoms with Crippen LogP contribution in [0.25, 0.3) is 0 Å². The van der Waals surface area contributed by atoms with Gasteiger partial charge in [0.25, 0.3) is 0 Å². The second-order valence-electron chi connectivity index (χ2n) is 6.15. The maximum Gasteiger partial charge on any atom is 0.156 e. The zero-order chi connectivity index (χ0) is 19.2. The summed E-state index contributed by atoms with van der Waals surface area (Å²) < 4.78 is 15.9. The third kappa shape index (κ3) is 4.06. The highest BCUT2D eigenvalue weighted by atomic mass is 32.2. The van der Waals surface area contributed by atoms with E-state index in [1.807, 2.05) is 97.1 Å². The fourth-order valence-corrected chi connectivity index (χ4v) is 7.31. The molecule has 0 saturated carbocycles. The minimum atomic E-state index is -1.34. The highest BCUT2D eigenvalue weighted by Gasteiger charge is 2.28. The fraction of sp³-hybridized carbons (Fsp3) is 0. The molecular weight excluding hydrogens is 381 g/mol. The van der Waals surface area contributed by atoms with Crippen LogP contribution in [0, 0.1) is 0 Å². The Labute approximate surface area is 169 Å². The number of anilines is 1. The first-order chi connectivity index (χ1) is 13.8. The van der Waals surface area contributed by atoms with Gasteiger partial charge in [-0.15, -0.1) is 0 Å². The predicted octanol–water partition coefficient (Wildman–Crippen LogP) is 5.26. The first-order valence-corrected chi connectivity index (χ1v) is 11.5. The molecule has 0 aliphatic heterocycles. The maximum absolute atomic E-state index is 13.8. The molecule has 1 atom stereocenters. The van der Waals surface area contributed by atoms with E-state index in [0.29, 0.717) is 0 Å². The number of hydrogen-bond acceptors (Lipinski definition) is 1. The zero-order valence-electron chi connectivity index (χ0n) is 15.3. The first kappa shape index (κ1) is 18.6. The number of nitrogens with zero attached hydrogens (tertiary/aromatic N) is 1. The minimum Gasteiger partial charge on any atom is -0.258 e. The van der Waals surface area contributed by atoms with E-state index < -0.39 is 19.1 Å². The largest absolute Gasteiger partial charge is 0.258 e. The van der Waals surface area contributed by atoms with Gasteiger partial charge in [-0.1, -0.05) is 97.1 Å². The van der Waals surface area contributed by atoms with E-state index in [2.05, 4.69) is 28.3 Å². The first-order valence-electron chi connectivity index (χ1n) is 9.07. The zero-order valence-corrected chi connectivity index (χ0v) is 17.0. The van der Waals surface area contributed by atoms with Crippen molar-refractivity contribution in [3.63, 3.8) is 0 Å². The Balaban J connectivity index is 1.90. The summed E-state index contributed by atoms with van der Waals surface area (Å²) in [6, 6.07) is 40.4. The van der Waals surface area contributed by atoms with Crippen LogP contribution < -0.4 is 14.7 Å². The van der Waals surface area contributed by atoms with Gasteiger partial charge in [0.05, 0.1) is 18.7 Å². The van der Waals surface area contributed by atoms with Gasteiger partial charge in [0.1, 0.15) is 0 Å². The van der Waals surface area contributed by atoms with Crippen LogP contribution in [0.5, 0.6) is 0 Å². The van der Waals surface area contributed by atoms with Gasteiger partial charge in [-0.05, 0) is 24.3 Å². The van der Waals surface area contributed by atoms with Crippen molar-refractivity contribution in [3.8, 4) is 0 Å². The molecule has 0 fully saturated rings. The molecule has 0 saturated heterocycles. The van der Waals surface area contributed by atoms with E-state index in [0.717, 1.165) is 21.2 Å². The summed E-state index contributed by atoms with van der Waals surface area (Å²) >= 11 is 0. The van der Waals surface area contributed by atoms with Crippen molar-refractivity contribution in [3.05, 3.63) is 121 Å². The van der Waals surface area contributed by atoms with E-state index in [1.165, 1.54) is 0 Å². The standard InChI is InChI=1S/C24H20NOPS/c26-28(24-19-11-4-12-20-24)25(21-13-5-1-6-14-21)27(22-15-7-2-8-16-22)23-17-9-3-10-18-23/h1-20H. The Morgan fingerprint density at radius 2 is 0.929 bits per heavy atom. The predicted molar refractivity (Wildman–Crippen MR) is 121 cm³/mol. The molecule has 1 unspecified atom stereocenters. The summed E-state index contributed by atoms with van der Waals surface area (Å²) in [6.07, 6.45) is 0. The number of hydrogen-bond donors (Lipinski definition) is 0. The summed E-state index contributed by atoms with van der Waals surface area (Å²) in [5.41, 5.74) is 0.948. The molecule has 2 nitrogen and oxygen atoms in total. The van der Waals surface area contributed by atoms with Crippen LogP contribution in [0.15, 0.2) is 126 Å². The van der Waals surface area contributed by atoms with E-state index in [-0.39, 0.29) is 0 Å². The van der Waals surface area contributed by atoms with Crippen molar-refractivity contribution in [1.82, 2.24) is 0 Å². The topological polar surface area (TPSA) is 20.3 Å². The fourth-order valence-electron chi connectivity index (χ4n) is 2.97. The Bertz CT molecular complexity index is 988. The molecule has 0 N–H and O–H groups in total. The van der Waals surface area contributed by atoms with Gasteiger partial charge in [0.2, 0.25) is 0 Å². The number of para-hydroxylation sites is 1. The maximum atomic E-state index is 13.8. The summed E-state index contributed by atoms with van der Waals surface area (Å²) in [6.45, 7) is 0. The molecule has 0 spiro atoms. The summed E-state index contributed by atoms with van der Waals surface area (Å²) in [4.78, 5) is 0.797. The molecule has 0 aliphatic rings. The van der Waals surface area contributed by atoms with Crippen molar-refractivity contribution < 1.29 is 4.21 Å². The molecule has 4 heteroatoms. The van der Waals surface area contributed by atoms with Crippen LogP contribution in [0.1, 0.15) is 0 Å². The normalized spacial score (nSPS) is 11.9. The van der Waals surface area contributed by atoms with Crippen LogP contribution in [-0.4, -0.2) is 4.21 Å². The highest BCUT2D eigenvalue weighted by Crippen LogP contribution is 2.44. The molecular formula is C24H20NOPS. The van der Waals surface area contributed by atoms with Crippen LogP contribution in [0.3, 0.4) is 0 Å². The minimum absolute atomic E-state index is 0.797. The van der Waals surface area contributed by atoms with Crippen molar-refractivity contribution in [2.24, 2.45) is 0 Å². The van der Waals surface area contributed by atoms with Gasteiger partial charge in [-0.25, -0.2) is 4.21 Å². The summed E-state index contributed by atoms with van der Waals surface area (Å²) in [5.74, 6) is 0. The Morgan fingerprint density at radius 3 is 1.39 bits per heavy atom. The SMILES string of the molecule is O=S(c1ccccc1)N(c1ccccc1)P(c1ccccc1)c1ccccc1. The molecule has 138 valence electrons. The monoisotopic (exact) mass is 401 g/mol. The highest BCUT2D eigenvalue weighted by molar-refractivity contribution is 7.98. The van der Waals surface area contributed by atoms with Gasteiger partial charge >= 0.3 is 0 Å². The van der Waals surface area contributed by atoms with Crippen molar-refractivity contribution in [2.45, 2.75) is 4.90 Å². The van der Waals surface area contributed by atoms with Crippen molar-refractivity contribution in [2.75, 3.05) is 4.08 Å². The van der Waals surface area contributed by atoms with Crippen LogP contribution in [0.4, 0.5) is 5.69 Å². The van der Waals surface area contributed by atoms with Crippen LogP contribution in [-0.2, 0) is 11.0 Å². The van der Waals surface area contributed by atoms with Crippen LogP contribution in [0.2, 0.25) is 0 Å². The Kier molecular flexibility index (Phi) is 5.96. The second-order valence-corrected chi connectivity index (χ2v) is 9.82. The lowest BCUT2D eigenvalue weighted by Gasteiger charge is -2.32. The third-order valence-corrected chi connectivity index (χ3v) is 8.57. The molecule has 0 aromatic heterocycles. The quantitative estimate of drug-likeness (QED) is 0.404. The van der Waals surface area contributed by atoms with Gasteiger partial charge in [-0.2, -0.15) is 0 Å². The molecule has 4 aromatic rings. The van der Waals surface area contributed by atoms with E-state index in [4.69, 9.17) is 0 Å². The van der Waals surface area contributed by atoms with Gasteiger partial charge < -0.3 is 0 Å². The van der Waals surface area contributed by atoms with Gasteiger partial charge in [0.15, 0.2) is 11.0 Å². The Hall–Kier alpha value is -2.74. The van der Waals surface area contributed by atoms with Gasteiger partial charge in [-0.3, -0.25) is 4.08 Å². The molecule has 4 rings (SSSR count). The average Bonchev–Trinajstić information content (AvgIpc) is 2.79. The lowest BCUT2D eigenvalue weighted by molar-refractivity contribution is 0.684. The average molecular weight is 401 g/mol. The van der Waals surface area contributed by atoms with E-state index >= 15 is 0 Å². The van der Waals surface area contributed by atoms with E-state index in [1.54, 1.807) is 0 Å². The molecule has 0 aliphatic carbocycles. The third-order valence-electron chi connectivity index (χ3n) is 4.26. The molecule has 0 heterocycles. The van der Waals surface area contributed by atoms with Gasteiger partial charge in [0, 0.05) is 10.6 Å². The molecule has 0 amide bonds. The molecule has 28 heavy (non-hydrogen) atoms. The number of benzene rings is 4. The molecule has 0 radical (unpaired) electrons. The lowest BCUT2D eigenvalue weighted by atomic mass is 10.3. The smallest absolute Gasteiger partial charge is 0.156 e. The summed E-state index contributed by atoms with van der Waals surface area (Å²) in [5, 5.41) is 2.33. The Morgan fingerprint density at radius 1 is 0.536 bits per heavy atom. The second kappa shape index (κ2) is 8.97. The molecule has 0 bridgehead atoms. The van der Waals surface area contributed by atoms with Crippen molar-refractivity contribution >= 4 is 35.4 Å². The molecule has 4 aromatic carbocycles.